The average Bonchev–Trinajstić information content (AvgIpc) is 3.04. The summed E-state index contributed by atoms with van der Waals surface area (Å²) in [5.74, 6) is 0.701. The minimum Gasteiger partial charge on any atom is -0.497 e. The number of nitrogens with zero attached hydrogens (tertiary/aromatic N) is 3. The minimum absolute atomic E-state index is 0.0563. The van der Waals surface area contributed by atoms with E-state index in [1.165, 1.54) is 11.3 Å². The molecule has 3 aromatic rings. The fraction of sp³-hybridized carbons (Fsp3) is 0.263. The SMILES string of the molecule is COc1ccc2sc(N(CCN(C)C)C(=O)c3cccc(Br)c3)nc2c1. The van der Waals surface area contributed by atoms with Crippen LogP contribution < -0.4 is 9.64 Å². The number of rotatable bonds is 6. The Bertz CT molecular complexity index is 926. The Morgan fingerprint density at radius 1 is 1.19 bits per heavy atom. The number of likely N-dealkylation sites (N-methyl/N-ethyl adjacent to an activating group) is 1. The highest BCUT2D eigenvalue weighted by Crippen LogP contribution is 2.32. The Kier molecular flexibility index (Phi) is 5.90. The standard InChI is InChI=1S/C19H20BrN3O2S/c1-22(2)9-10-23(18(24)13-5-4-6-14(20)11-13)19-21-16-12-15(25-3)7-8-17(16)26-19/h4-8,11-12H,9-10H2,1-3H3. The van der Waals surface area contributed by atoms with Crippen LogP contribution in [0, 0.1) is 0 Å². The van der Waals surface area contributed by atoms with Crippen molar-refractivity contribution < 1.29 is 9.53 Å². The highest BCUT2D eigenvalue weighted by atomic mass is 79.9. The second-order valence-corrected chi connectivity index (χ2v) is 8.03. The van der Waals surface area contributed by atoms with Crippen molar-refractivity contribution in [2.24, 2.45) is 0 Å². The number of thiazole rings is 1. The van der Waals surface area contributed by atoms with E-state index in [1.807, 2.05) is 56.6 Å². The van der Waals surface area contributed by atoms with Gasteiger partial charge in [0.05, 0.1) is 17.3 Å². The molecule has 5 nitrogen and oxygen atoms in total. The molecule has 0 radical (unpaired) electrons. The van der Waals surface area contributed by atoms with Crippen LogP contribution in [0.3, 0.4) is 0 Å². The number of hydrogen-bond acceptors (Lipinski definition) is 5. The van der Waals surface area contributed by atoms with Crippen molar-refractivity contribution in [3.8, 4) is 5.75 Å². The number of benzene rings is 2. The molecule has 0 aliphatic carbocycles. The minimum atomic E-state index is -0.0563. The van der Waals surface area contributed by atoms with Crippen LogP contribution in [0.5, 0.6) is 5.75 Å². The van der Waals surface area contributed by atoms with E-state index in [9.17, 15) is 4.79 Å². The van der Waals surface area contributed by atoms with Crippen LogP contribution in [0.25, 0.3) is 10.2 Å². The van der Waals surface area contributed by atoms with E-state index in [1.54, 1.807) is 12.0 Å². The summed E-state index contributed by atoms with van der Waals surface area (Å²) in [6, 6.07) is 13.2. The molecule has 1 amide bonds. The fourth-order valence-corrected chi connectivity index (χ4v) is 3.87. The Morgan fingerprint density at radius 3 is 2.69 bits per heavy atom. The molecule has 0 N–H and O–H groups in total. The molecule has 136 valence electrons. The first-order valence-corrected chi connectivity index (χ1v) is 9.75. The lowest BCUT2D eigenvalue weighted by molar-refractivity contribution is 0.0985. The van der Waals surface area contributed by atoms with Gasteiger partial charge in [0.25, 0.3) is 5.91 Å². The maximum Gasteiger partial charge on any atom is 0.260 e. The predicted octanol–water partition coefficient (Wildman–Crippen LogP) is 4.28. The number of methoxy groups -OCH3 is 1. The maximum absolute atomic E-state index is 13.1. The van der Waals surface area contributed by atoms with Crippen LogP contribution in [0.1, 0.15) is 10.4 Å². The zero-order chi connectivity index (χ0) is 18.7. The fourth-order valence-electron chi connectivity index (χ4n) is 2.50. The molecule has 3 rings (SSSR count). The first-order valence-electron chi connectivity index (χ1n) is 8.14. The maximum atomic E-state index is 13.1. The molecule has 7 heteroatoms. The van der Waals surface area contributed by atoms with Crippen molar-refractivity contribution in [3.05, 3.63) is 52.5 Å². The zero-order valence-corrected chi connectivity index (χ0v) is 17.3. The van der Waals surface area contributed by atoms with Crippen molar-refractivity contribution >= 4 is 48.5 Å². The van der Waals surface area contributed by atoms with Gasteiger partial charge in [-0.05, 0) is 44.4 Å². The second-order valence-electron chi connectivity index (χ2n) is 6.10. The number of anilines is 1. The Hall–Kier alpha value is -1.96. The molecule has 0 bridgehead atoms. The van der Waals surface area contributed by atoms with Crippen molar-refractivity contribution in [2.75, 3.05) is 39.2 Å². The van der Waals surface area contributed by atoms with Crippen LogP contribution in [-0.4, -0.2) is 50.1 Å². The van der Waals surface area contributed by atoms with Gasteiger partial charge < -0.3 is 9.64 Å². The summed E-state index contributed by atoms with van der Waals surface area (Å²) in [6.45, 7) is 1.31. The summed E-state index contributed by atoms with van der Waals surface area (Å²) in [5.41, 5.74) is 1.47. The number of ether oxygens (including phenoxy) is 1. The number of aromatic nitrogens is 1. The lowest BCUT2D eigenvalue weighted by atomic mass is 10.2. The molecule has 26 heavy (non-hydrogen) atoms. The van der Waals surface area contributed by atoms with Crippen LogP contribution >= 0.6 is 27.3 Å². The van der Waals surface area contributed by atoms with Crippen molar-refractivity contribution in [1.82, 2.24) is 9.88 Å². The molecule has 1 heterocycles. The van der Waals surface area contributed by atoms with E-state index in [4.69, 9.17) is 4.74 Å². The Balaban J connectivity index is 1.98. The molecule has 0 fully saturated rings. The molecule has 0 atom stereocenters. The Labute approximate surface area is 165 Å². The average molecular weight is 434 g/mol. The van der Waals surface area contributed by atoms with Crippen LogP contribution in [0.2, 0.25) is 0 Å². The topological polar surface area (TPSA) is 45.7 Å². The molecule has 0 aliphatic rings. The van der Waals surface area contributed by atoms with Gasteiger partial charge in [-0.2, -0.15) is 0 Å². The summed E-state index contributed by atoms with van der Waals surface area (Å²) in [5, 5.41) is 0.695. The molecular weight excluding hydrogens is 414 g/mol. The second kappa shape index (κ2) is 8.16. The number of carbonyl (C=O) groups is 1. The van der Waals surface area contributed by atoms with Gasteiger partial charge in [0, 0.05) is 29.2 Å². The number of carbonyl (C=O) groups excluding carboxylic acids is 1. The van der Waals surface area contributed by atoms with Gasteiger partial charge in [0.2, 0.25) is 0 Å². The number of halogens is 1. The van der Waals surface area contributed by atoms with E-state index >= 15 is 0 Å². The van der Waals surface area contributed by atoms with Gasteiger partial charge in [0.15, 0.2) is 5.13 Å². The summed E-state index contributed by atoms with van der Waals surface area (Å²) in [7, 11) is 5.62. The molecule has 2 aromatic carbocycles. The highest BCUT2D eigenvalue weighted by molar-refractivity contribution is 9.10. The van der Waals surface area contributed by atoms with Crippen LogP contribution in [0.4, 0.5) is 5.13 Å². The van der Waals surface area contributed by atoms with E-state index in [-0.39, 0.29) is 5.91 Å². The number of fused-ring (bicyclic) bond motifs is 1. The molecule has 1 aromatic heterocycles. The smallest absolute Gasteiger partial charge is 0.260 e. The van der Waals surface area contributed by atoms with Gasteiger partial charge in [-0.15, -0.1) is 0 Å². The largest absolute Gasteiger partial charge is 0.497 e. The third kappa shape index (κ3) is 4.23. The van der Waals surface area contributed by atoms with E-state index in [2.05, 4.69) is 25.8 Å². The lowest BCUT2D eigenvalue weighted by Gasteiger charge is -2.22. The molecular formula is C19H20BrN3O2S. The monoisotopic (exact) mass is 433 g/mol. The lowest BCUT2D eigenvalue weighted by Crippen LogP contribution is -2.36. The van der Waals surface area contributed by atoms with Gasteiger partial charge in [-0.25, -0.2) is 4.98 Å². The normalized spacial score (nSPS) is 11.1. The van der Waals surface area contributed by atoms with E-state index in [0.717, 1.165) is 27.0 Å². The van der Waals surface area contributed by atoms with Gasteiger partial charge >= 0.3 is 0 Å². The highest BCUT2D eigenvalue weighted by Gasteiger charge is 2.21. The molecule has 0 unspecified atom stereocenters. The molecule has 0 saturated heterocycles. The predicted molar refractivity (Wildman–Crippen MR) is 111 cm³/mol. The Morgan fingerprint density at radius 2 is 2.00 bits per heavy atom. The van der Waals surface area contributed by atoms with Gasteiger partial charge in [-0.1, -0.05) is 33.3 Å². The van der Waals surface area contributed by atoms with Gasteiger partial charge in [0.1, 0.15) is 5.75 Å². The summed E-state index contributed by atoms with van der Waals surface area (Å²) < 4.78 is 7.18. The van der Waals surface area contributed by atoms with Crippen molar-refractivity contribution in [2.45, 2.75) is 0 Å². The first kappa shape index (κ1) is 18.8. The third-order valence-corrected chi connectivity index (χ3v) is 5.45. The summed E-state index contributed by atoms with van der Waals surface area (Å²) in [6.07, 6.45) is 0. The van der Waals surface area contributed by atoms with Crippen molar-refractivity contribution in [3.63, 3.8) is 0 Å². The quantitative estimate of drug-likeness (QED) is 0.581. The first-order chi connectivity index (χ1) is 12.5. The van der Waals surface area contributed by atoms with E-state index in [0.29, 0.717) is 17.2 Å². The molecule has 0 spiro atoms. The zero-order valence-electron chi connectivity index (χ0n) is 14.9. The van der Waals surface area contributed by atoms with Crippen molar-refractivity contribution in [1.29, 1.82) is 0 Å². The number of amides is 1. The van der Waals surface area contributed by atoms with Crippen LogP contribution in [0.15, 0.2) is 46.9 Å². The van der Waals surface area contributed by atoms with Gasteiger partial charge in [-0.3, -0.25) is 9.69 Å². The molecule has 0 aliphatic heterocycles. The third-order valence-electron chi connectivity index (χ3n) is 3.90. The van der Waals surface area contributed by atoms with Crippen LogP contribution in [-0.2, 0) is 0 Å². The van der Waals surface area contributed by atoms with E-state index < -0.39 is 0 Å². The molecule has 0 saturated carbocycles. The summed E-state index contributed by atoms with van der Waals surface area (Å²) in [4.78, 5) is 21.6. The summed E-state index contributed by atoms with van der Waals surface area (Å²) >= 11 is 4.95. The number of hydrogen-bond donors (Lipinski definition) is 0.